The molecule has 0 spiro atoms. The Morgan fingerprint density at radius 1 is 1.04 bits per heavy atom. The van der Waals surface area contributed by atoms with Gasteiger partial charge in [-0.2, -0.15) is 0 Å². The number of benzene rings is 2. The molecule has 2 amide bonds. The molecule has 6 heteroatoms. The Morgan fingerprint density at radius 2 is 1.77 bits per heavy atom. The lowest BCUT2D eigenvalue weighted by atomic mass is 10.2. The summed E-state index contributed by atoms with van der Waals surface area (Å²) in [5.41, 5.74) is 2.46. The molecule has 2 aromatic rings. The second kappa shape index (κ2) is 8.89. The summed E-state index contributed by atoms with van der Waals surface area (Å²) in [6.45, 7) is 3.76. The van der Waals surface area contributed by atoms with E-state index in [4.69, 9.17) is 9.47 Å². The molecule has 26 heavy (non-hydrogen) atoms. The van der Waals surface area contributed by atoms with Crippen LogP contribution in [0.3, 0.4) is 0 Å². The van der Waals surface area contributed by atoms with Crippen LogP contribution >= 0.6 is 0 Å². The maximum Gasteiger partial charge on any atom is 0.226 e. The van der Waals surface area contributed by atoms with Crippen molar-refractivity contribution in [1.82, 2.24) is 0 Å². The van der Waals surface area contributed by atoms with Crippen LogP contribution in [0.25, 0.3) is 0 Å². The van der Waals surface area contributed by atoms with E-state index in [1.54, 1.807) is 30.2 Å². The Labute approximate surface area is 153 Å². The Balaban J connectivity index is 2.01. The molecule has 2 rings (SSSR count). The smallest absolute Gasteiger partial charge is 0.226 e. The third-order valence-electron chi connectivity index (χ3n) is 3.92. The van der Waals surface area contributed by atoms with E-state index in [-0.39, 0.29) is 18.2 Å². The molecule has 0 atom stereocenters. The molecule has 0 saturated heterocycles. The van der Waals surface area contributed by atoms with E-state index in [2.05, 4.69) is 5.32 Å². The van der Waals surface area contributed by atoms with Gasteiger partial charge in [0.25, 0.3) is 0 Å². The summed E-state index contributed by atoms with van der Waals surface area (Å²) in [5, 5.41) is 2.81. The molecular weight excluding hydrogens is 332 g/mol. The lowest BCUT2D eigenvalue weighted by molar-refractivity contribution is -0.117. The number of carbonyl (C=O) groups excluding carboxylic acids is 2. The van der Waals surface area contributed by atoms with Crippen molar-refractivity contribution in [3.63, 3.8) is 0 Å². The molecule has 0 aliphatic carbocycles. The van der Waals surface area contributed by atoms with Crippen molar-refractivity contribution in [2.45, 2.75) is 20.3 Å². The highest BCUT2D eigenvalue weighted by Gasteiger charge is 2.14. The highest BCUT2D eigenvalue weighted by molar-refractivity contribution is 5.95. The summed E-state index contributed by atoms with van der Waals surface area (Å²) < 4.78 is 10.4. The van der Waals surface area contributed by atoms with E-state index in [0.29, 0.717) is 23.7 Å². The van der Waals surface area contributed by atoms with Gasteiger partial charge in [-0.25, -0.2) is 0 Å². The maximum absolute atomic E-state index is 12.3. The van der Waals surface area contributed by atoms with Gasteiger partial charge in [0.1, 0.15) is 0 Å². The van der Waals surface area contributed by atoms with Crippen LogP contribution in [0.15, 0.2) is 42.5 Å². The molecule has 6 nitrogen and oxygen atoms in total. The SMILES string of the molecule is COc1ccc(NC(=O)CCN(C(C)=O)c2cccc(C)c2)cc1OC. The number of methoxy groups -OCH3 is 2. The van der Waals surface area contributed by atoms with Gasteiger partial charge in [0.2, 0.25) is 11.8 Å². The van der Waals surface area contributed by atoms with Gasteiger partial charge in [-0.05, 0) is 36.8 Å². The van der Waals surface area contributed by atoms with E-state index >= 15 is 0 Å². The minimum atomic E-state index is -0.184. The van der Waals surface area contributed by atoms with E-state index < -0.39 is 0 Å². The molecule has 138 valence electrons. The third kappa shape index (κ3) is 4.99. The van der Waals surface area contributed by atoms with Crippen LogP contribution in [-0.2, 0) is 9.59 Å². The number of nitrogens with zero attached hydrogens (tertiary/aromatic N) is 1. The highest BCUT2D eigenvalue weighted by atomic mass is 16.5. The lowest BCUT2D eigenvalue weighted by Gasteiger charge is -2.21. The van der Waals surface area contributed by atoms with Crippen molar-refractivity contribution in [1.29, 1.82) is 0 Å². The van der Waals surface area contributed by atoms with Gasteiger partial charge >= 0.3 is 0 Å². The fourth-order valence-electron chi connectivity index (χ4n) is 2.62. The summed E-state index contributed by atoms with van der Waals surface area (Å²) >= 11 is 0. The Hall–Kier alpha value is -3.02. The summed E-state index contributed by atoms with van der Waals surface area (Å²) in [6.07, 6.45) is 0.182. The molecule has 0 fully saturated rings. The molecule has 1 N–H and O–H groups in total. The Morgan fingerprint density at radius 3 is 2.38 bits per heavy atom. The number of ether oxygens (including phenoxy) is 2. The van der Waals surface area contributed by atoms with E-state index in [0.717, 1.165) is 11.3 Å². The monoisotopic (exact) mass is 356 g/mol. The second-order valence-corrected chi connectivity index (χ2v) is 5.88. The average molecular weight is 356 g/mol. The molecule has 2 aromatic carbocycles. The normalized spacial score (nSPS) is 10.2. The fourth-order valence-corrected chi connectivity index (χ4v) is 2.62. The van der Waals surface area contributed by atoms with Crippen LogP contribution in [0.2, 0.25) is 0 Å². The van der Waals surface area contributed by atoms with Crippen molar-refractivity contribution < 1.29 is 19.1 Å². The zero-order valence-electron chi connectivity index (χ0n) is 15.5. The minimum absolute atomic E-state index is 0.102. The number of aryl methyl sites for hydroxylation is 1. The van der Waals surface area contributed by atoms with Gasteiger partial charge in [-0.1, -0.05) is 12.1 Å². The quantitative estimate of drug-likeness (QED) is 0.826. The zero-order valence-corrected chi connectivity index (χ0v) is 15.5. The van der Waals surface area contributed by atoms with Crippen LogP contribution in [0.5, 0.6) is 11.5 Å². The van der Waals surface area contributed by atoms with Crippen molar-refractivity contribution in [3.05, 3.63) is 48.0 Å². The van der Waals surface area contributed by atoms with Crippen LogP contribution in [-0.4, -0.2) is 32.6 Å². The first-order chi connectivity index (χ1) is 12.4. The molecule has 0 radical (unpaired) electrons. The summed E-state index contributed by atoms with van der Waals surface area (Å²) in [5.74, 6) is 0.841. The number of amides is 2. The highest BCUT2D eigenvalue weighted by Crippen LogP contribution is 2.29. The molecule has 0 aliphatic heterocycles. The van der Waals surface area contributed by atoms with E-state index in [1.165, 1.54) is 14.0 Å². The Kier molecular flexibility index (Phi) is 6.60. The van der Waals surface area contributed by atoms with Gasteiger partial charge in [0.15, 0.2) is 11.5 Å². The molecule has 0 heterocycles. The number of anilines is 2. The predicted octanol–water partition coefficient (Wildman–Crippen LogP) is 3.39. The van der Waals surface area contributed by atoms with Crippen LogP contribution in [0.1, 0.15) is 18.9 Å². The first kappa shape index (κ1) is 19.3. The topological polar surface area (TPSA) is 67.9 Å². The average Bonchev–Trinajstić information content (AvgIpc) is 2.61. The van der Waals surface area contributed by atoms with Crippen molar-refractivity contribution in [2.75, 3.05) is 31.0 Å². The number of hydrogen-bond donors (Lipinski definition) is 1. The summed E-state index contributed by atoms with van der Waals surface area (Å²) in [4.78, 5) is 25.8. The largest absolute Gasteiger partial charge is 0.493 e. The fraction of sp³-hybridized carbons (Fsp3) is 0.300. The molecule has 0 bridgehead atoms. The van der Waals surface area contributed by atoms with Crippen molar-refractivity contribution in [3.8, 4) is 11.5 Å². The first-order valence-electron chi connectivity index (χ1n) is 8.31. The van der Waals surface area contributed by atoms with E-state index in [9.17, 15) is 9.59 Å². The standard InChI is InChI=1S/C20H24N2O4/c1-14-6-5-7-17(12-14)22(15(2)23)11-10-20(24)21-16-8-9-18(25-3)19(13-16)26-4/h5-9,12-13H,10-11H2,1-4H3,(H,21,24). The predicted molar refractivity (Wildman–Crippen MR) is 102 cm³/mol. The molecule has 0 aliphatic rings. The number of rotatable bonds is 7. The molecule has 0 saturated carbocycles. The lowest BCUT2D eigenvalue weighted by Crippen LogP contribution is -2.32. The van der Waals surface area contributed by atoms with Crippen molar-refractivity contribution in [2.24, 2.45) is 0 Å². The van der Waals surface area contributed by atoms with Crippen LogP contribution in [0.4, 0.5) is 11.4 Å². The number of hydrogen-bond acceptors (Lipinski definition) is 4. The van der Waals surface area contributed by atoms with Gasteiger partial charge in [0.05, 0.1) is 14.2 Å². The maximum atomic E-state index is 12.3. The molecule has 0 aromatic heterocycles. The van der Waals surface area contributed by atoms with Gasteiger partial charge in [-0.15, -0.1) is 0 Å². The summed E-state index contributed by atoms with van der Waals surface area (Å²) in [6, 6.07) is 12.8. The number of carbonyl (C=O) groups is 2. The summed E-state index contributed by atoms with van der Waals surface area (Å²) in [7, 11) is 3.09. The number of nitrogens with one attached hydrogen (secondary N) is 1. The van der Waals surface area contributed by atoms with Gasteiger partial charge < -0.3 is 19.7 Å². The van der Waals surface area contributed by atoms with Crippen molar-refractivity contribution >= 4 is 23.2 Å². The van der Waals surface area contributed by atoms with E-state index in [1.807, 2.05) is 31.2 Å². The Bertz CT molecular complexity index is 789. The van der Waals surface area contributed by atoms with Crippen LogP contribution < -0.4 is 19.7 Å². The van der Waals surface area contributed by atoms with Crippen LogP contribution in [0, 0.1) is 6.92 Å². The molecule has 0 unspecified atom stereocenters. The zero-order chi connectivity index (χ0) is 19.1. The minimum Gasteiger partial charge on any atom is -0.493 e. The van der Waals surface area contributed by atoms with Gasteiger partial charge in [-0.3, -0.25) is 9.59 Å². The third-order valence-corrected chi connectivity index (χ3v) is 3.92. The first-order valence-corrected chi connectivity index (χ1v) is 8.31. The second-order valence-electron chi connectivity index (χ2n) is 5.88. The van der Waals surface area contributed by atoms with Gasteiger partial charge in [0, 0.05) is 37.3 Å². The molecular formula is C20H24N2O4.